The van der Waals surface area contributed by atoms with E-state index in [-0.39, 0.29) is 0 Å². The number of benzene rings is 1. The highest BCUT2D eigenvalue weighted by Crippen LogP contribution is 2.32. The molecule has 1 aromatic carbocycles. The first-order chi connectivity index (χ1) is 8.35. The third-order valence-corrected chi connectivity index (χ3v) is 2.72. The minimum atomic E-state index is 0.351. The summed E-state index contributed by atoms with van der Waals surface area (Å²) in [5.74, 6) is 0.548. The van der Waals surface area contributed by atoms with E-state index in [1.807, 2.05) is 19.1 Å². The number of nitrogens with zero attached hydrogens (tertiary/aromatic N) is 2. The number of ether oxygens (including phenoxy) is 2. The summed E-state index contributed by atoms with van der Waals surface area (Å²) in [5, 5.41) is 2.96. The maximum atomic E-state index is 10.6. The molecule has 1 fully saturated rings. The molecule has 0 aliphatic carbocycles. The third kappa shape index (κ3) is 2.74. The van der Waals surface area contributed by atoms with Gasteiger partial charge in [0, 0.05) is 24.8 Å². The third-order valence-electron chi connectivity index (χ3n) is 2.72. The van der Waals surface area contributed by atoms with Crippen molar-refractivity contribution in [2.45, 2.75) is 6.92 Å². The quantitative estimate of drug-likeness (QED) is 0.753. The van der Waals surface area contributed by atoms with Crippen molar-refractivity contribution in [3.8, 4) is 5.75 Å². The molecule has 0 amide bonds. The van der Waals surface area contributed by atoms with Crippen LogP contribution in [0.4, 0.5) is 11.4 Å². The molecule has 0 bridgehead atoms. The lowest BCUT2D eigenvalue weighted by atomic mass is 10.2. The maximum absolute atomic E-state index is 10.6. The average Bonchev–Trinajstić information content (AvgIpc) is 2.40. The van der Waals surface area contributed by atoms with Crippen LogP contribution in [0.5, 0.6) is 5.75 Å². The van der Waals surface area contributed by atoms with Crippen LogP contribution in [0, 0.1) is 4.91 Å². The molecule has 1 heterocycles. The minimum Gasteiger partial charge on any atom is -0.491 e. The number of hydrogen-bond acceptors (Lipinski definition) is 5. The van der Waals surface area contributed by atoms with Crippen LogP contribution in [0.25, 0.3) is 0 Å². The molecule has 2 rings (SSSR count). The zero-order valence-corrected chi connectivity index (χ0v) is 9.89. The van der Waals surface area contributed by atoms with Crippen molar-refractivity contribution in [3.63, 3.8) is 0 Å². The molecule has 1 aliphatic rings. The second kappa shape index (κ2) is 5.63. The van der Waals surface area contributed by atoms with Gasteiger partial charge in [0.1, 0.15) is 5.69 Å². The first kappa shape index (κ1) is 11.9. The molecule has 0 saturated carbocycles. The van der Waals surface area contributed by atoms with E-state index in [0.717, 1.165) is 32.0 Å². The normalized spacial score (nSPS) is 15.7. The lowest BCUT2D eigenvalue weighted by molar-refractivity contribution is 0.122. The summed E-state index contributed by atoms with van der Waals surface area (Å²) in [6.45, 7) is 5.60. The Morgan fingerprint density at radius 3 is 2.82 bits per heavy atom. The monoisotopic (exact) mass is 236 g/mol. The van der Waals surface area contributed by atoms with Crippen LogP contribution in [-0.2, 0) is 4.74 Å². The average molecular weight is 236 g/mol. The number of morpholine rings is 1. The van der Waals surface area contributed by atoms with Crippen LogP contribution in [0.3, 0.4) is 0 Å². The van der Waals surface area contributed by atoms with Crippen LogP contribution in [0.2, 0.25) is 0 Å². The van der Waals surface area contributed by atoms with Gasteiger partial charge in [0.15, 0.2) is 5.75 Å². The molecule has 92 valence electrons. The highest BCUT2D eigenvalue weighted by atomic mass is 16.5. The van der Waals surface area contributed by atoms with Gasteiger partial charge >= 0.3 is 0 Å². The van der Waals surface area contributed by atoms with Crippen molar-refractivity contribution in [2.24, 2.45) is 5.18 Å². The largest absolute Gasteiger partial charge is 0.491 e. The first-order valence-electron chi connectivity index (χ1n) is 5.78. The SMILES string of the molecule is CCOc1cc(N2CCOCC2)ccc1N=O. The number of nitroso groups, excluding NO2 is 1. The van der Waals surface area contributed by atoms with Gasteiger partial charge < -0.3 is 14.4 Å². The molecule has 0 radical (unpaired) electrons. The van der Waals surface area contributed by atoms with Gasteiger partial charge in [-0.1, -0.05) is 0 Å². The molecule has 1 saturated heterocycles. The Hall–Kier alpha value is -1.62. The van der Waals surface area contributed by atoms with E-state index in [1.54, 1.807) is 6.07 Å². The van der Waals surface area contributed by atoms with Gasteiger partial charge in [-0.25, -0.2) is 0 Å². The number of anilines is 1. The van der Waals surface area contributed by atoms with Gasteiger partial charge in [0.05, 0.1) is 19.8 Å². The lowest BCUT2D eigenvalue weighted by Crippen LogP contribution is -2.36. The smallest absolute Gasteiger partial charge is 0.150 e. The zero-order chi connectivity index (χ0) is 12.1. The van der Waals surface area contributed by atoms with E-state index >= 15 is 0 Å². The summed E-state index contributed by atoms with van der Waals surface area (Å²) in [5.41, 5.74) is 1.40. The molecule has 0 atom stereocenters. The molecule has 1 aromatic rings. The van der Waals surface area contributed by atoms with Crippen LogP contribution in [-0.4, -0.2) is 32.9 Å². The van der Waals surface area contributed by atoms with E-state index in [2.05, 4.69) is 10.1 Å². The summed E-state index contributed by atoms with van der Waals surface area (Å²) in [4.78, 5) is 12.8. The van der Waals surface area contributed by atoms with Crippen LogP contribution >= 0.6 is 0 Å². The fourth-order valence-corrected chi connectivity index (χ4v) is 1.87. The minimum absolute atomic E-state index is 0.351. The molecular formula is C12H16N2O3. The predicted molar refractivity (Wildman–Crippen MR) is 66.1 cm³/mol. The maximum Gasteiger partial charge on any atom is 0.150 e. The molecule has 0 spiro atoms. The van der Waals surface area contributed by atoms with Crippen LogP contribution in [0.1, 0.15) is 6.92 Å². The summed E-state index contributed by atoms with van der Waals surface area (Å²) in [6.07, 6.45) is 0. The molecule has 0 N–H and O–H groups in total. The lowest BCUT2D eigenvalue weighted by Gasteiger charge is -2.29. The van der Waals surface area contributed by atoms with Crippen molar-refractivity contribution in [1.29, 1.82) is 0 Å². The van der Waals surface area contributed by atoms with E-state index in [9.17, 15) is 4.91 Å². The van der Waals surface area contributed by atoms with E-state index in [1.165, 1.54) is 0 Å². The summed E-state index contributed by atoms with van der Waals surface area (Å²) < 4.78 is 10.7. The number of hydrogen-bond donors (Lipinski definition) is 0. The van der Waals surface area contributed by atoms with Crippen LogP contribution < -0.4 is 9.64 Å². The van der Waals surface area contributed by atoms with Crippen molar-refractivity contribution >= 4 is 11.4 Å². The Kier molecular flexibility index (Phi) is 3.93. The van der Waals surface area contributed by atoms with Gasteiger partial charge in [-0.15, -0.1) is 4.91 Å². The Morgan fingerprint density at radius 2 is 2.18 bits per heavy atom. The second-order valence-corrected chi connectivity index (χ2v) is 3.78. The van der Waals surface area contributed by atoms with Crippen molar-refractivity contribution in [3.05, 3.63) is 23.1 Å². The van der Waals surface area contributed by atoms with Gasteiger partial charge in [-0.2, -0.15) is 0 Å². The Morgan fingerprint density at radius 1 is 1.41 bits per heavy atom. The first-order valence-corrected chi connectivity index (χ1v) is 5.78. The Labute approximate surface area is 100 Å². The molecular weight excluding hydrogens is 220 g/mol. The van der Waals surface area contributed by atoms with Crippen molar-refractivity contribution in [2.75, 3.05) is 37.8 Å². The molecule has 0 unspecified atom stereocenters. The van der Waals surface area contributed by atoms with Gasteiger partial charge in [-0.3, -0.25) is 0 Å². The number of rotatable bonds is 4. The van der Waals surface area contributed by atoms with Crippen molar-refractivity contribution < 1.29 is 9.47 Å². The zero-order valence-electron chi connectivity index (χ0n) is 9.89. The van der Waals surface area contributed by atoms with E-state index in [4.69, 9.17) is 9.47 Å². The second-order valence-electron chi connectivity index (χ2n) is 3.78. The standard InChI is InChI=1S/C12H16N2O3/c1-2-17-12-9-10(3-4-11(12)13-15)14-5-7-16-8-6-14/h3-4,9H,2,5-8H2,1H3. The van der Waals surface area contributed by atoms with Crippen LogP contribution in [0.15, 0.2) is 23.4 Å². The van der Waals surface area contributed by atoms with Gasteiger partial charge in [0.25, 0.3) is 0 Å². The fraction of sp³-hybridized carbons (Fsp3) is 0.500. The molecule has 5 nitrogen and oxygen atoms in total. The van der Waals surface area contributed by atoms with E-state index in [0.29, 0.717) is 18.0 Å². The Bertz CT molecular complexity index is 389. The highest BCUT2D eigenvalue weighted by molar-refractivity contribution is 5.62. The topological polar surface area (TPSA) is 51.1 Å². The van der Waals surface area contributed by atoms with Crippen molar-refractivity contribution in [1.82, 2.24) is 0 Å². The molecule has 1 aliphatic heterocycles. The molecule has 0 aromatic heterocycles. The molecule has 5 heteroatoms. The highest BCUT2D eigenvalue weighted by Gasteiger charge is 2.13. The summed E-state index contributed by atoms with van der Waals surface area (Å²) in [6, 6.07) is 5.46. The summed E-state index contributed by atoms with van der Waals surface area (Å²) in [7, 11) is 0. The Balaban J connectivity index is 2.22. The fourth-order valence-electron chi connectivity index (χ4n) is 1.87. The predicted octanol–water partition coefficient (Wildman–Crippen LogP) is 2.32. The van der Waals surface area contributed by atoms with E-state index < -0.39 is 0 Å². The molecule has 17 heavy (non-hydrogen) atoms. The summed E-state index contributed by atoms with van der Waals surface area (Å²) >= 11 is 0. The van der Waals surface area contributed by atoms with Gasteiger partial charge in [-0.05, 0) is 24.2 Å². The van der Waals surface area contributed by atoms with Gasteiger partial charge in [0.2, 0.25) is 0 Å².